The number of hydrogen-bond donors (Lipinski definition) is 1. The minimum absolute atomic E-state index is 0.113. The monoisotopic (exact) mass is 443 g/mol. The summed E-state index contributed by atoms with van der Waals surface area (Å²) >= 11 is 0. The van der Waals surface area contributed by atoms with E-state index in [1.165, 1.54) is 14.9 Å². The maximum Gasteiger partial charge on any atom is 0.243 e. The van der Waals surface area contributed by atoms with Gasteiger partial charge in [0.2, 0.25) is 26.0 Å². The molecule has 10 heteroatoms. The number of benzene rings is 1. The van der Waals surface area contributed by atoms with Crippen molar-refractivity contribution < 1.29 is 21.6 Å². The van der Waals surface area contributed by atoms with Crippen LogP contribution in [0.3, 0.4) is 0 Å². The van der Waals surface area contributed by atoms with Crippen molar-refractivity contribution in [3.05, 3.63) is 29.8 Å². The zero-order valence-corrected chi connectivity index (χ0v) is 18.5. The molecule has 1 atom stereocenters. The predicted molar refractivity (Wildman–Crippen MR) is 110 cm³/mol. The van der Waals surface area contributed by atoms with Crippen molar-refractivity contribution in [3.63, 3.8) is 0 Å². The SMILES string of the molecule is Cc1ccc(S(=O)(=O)N2CCC(C(=O)NC3CCCN(S(C)(=O)=O)C3)CC2)cc1. The maximum absolute atomic E-state index is 12.8. The van der Waals surface area contributed by atoms with Crippen LogP contribution in [0, 0.1) is 12.8 Å². The second kappa shape index (κ2) is 8.71. The summed E-state index contributed by atoms with van der Waals surface area (Å²) in [6, 6.07) is 6.58. The van der Waals surface area contributed by atoms with E-state index in [0.717, 1.165) is 12.0 Å². The lowest BCUT2D eigenvalue weighted by Gasteiger charge is -2.34. The van der Waals surface area contributed by atoms with Crippen LogP contribution in [0.15, 0.2) is 29.2 Å². The molecule has 3 rings (SSSR count). The Bertz CT molecular complexity index is 937. The van der Waals surface area contributed by atoms with E-state index in [1.54, 1.807) is 24.3 Å². The Morgan fingerprint density at radius 2 is 1.59 bits per heavy atom. The highest BCUT2D eigenvalue weighted by Gasteiger charge is 2.34. The molecule has 8 nitrogen and oxygen atoms in total. The molecule has 0 aliphatic carbocycles. The van der Waals surface area contributed by atoms with Crippen LogP contribution in [0.5, 0.6) is 0 Å². The van der Waals surface area contributed by atoms with Crippen molar-refractivity contribution >= 4 is 26.0 Å². The second-order valence-corrected chi connectivity index (χ2v) is 11.9. The quantitative estimate of drug-likeness (QED) is 0.729. The fourth-order valence-corrected chi connectivity index (χ4v) is 6.28. The lowest BCUT2D eigenvalue weighted by Crippen LogP contribution is -2.51. The molecule has 2 aliphatic heterocycles. The topological polar surface area (TPSA) is 104 Å². The molecule has 1 aromatic rings. The van der Waals surface area contributed by atoms with Gasteiger partial charge in [0.25, 0.3) is 0 Å². The summed E-state index contributed by atoms with van der Waals surface area (Å²) in [7, 11) is -6.81. The molecule has 0 saturated carbocycles. The van der Waals surface area contributed by atoms with E-state index in [-0.39, 0.29) is 22.8 Å². The van der Waals surface area contributed by atoms with Gasteiger partial charge in [0.05, 0.1) is 11.2 Å². The van der Waals surface area contributed by atoms with Crippen LogP contribution >= 0.6 is 0 Å². The molecule has 0 aromatic heterocycles. The molecule has 1 unspecified atom stereocenters. The van der Waals surface area contributed by atoms with E-state index in [2.05, 4.69) is 5.32 Å². The molecule has 2 fully saturated rings. The zero-order chi connectivity index (χ0) is 21.2. The van der Waals surface area contributed by atoms with Crippen LogP contribution < -0.4 is 5.32 Å². The minimum atomic E-state index is -3.55. The second-order valence-electron chi connectivity index (χ2n) is 7.96. The van der Waals surface area contributed by atoms with Crippen LogP contribution in [-0.2, 0) is 24.8 Å². The summed E-state index contributed by atoms with van der Waals surface area (Å²) in [5, 5.41) is 2.97. The van der Waals surface area contributed by atoms with Gasteiger partial charge in [-0.05, 0) is 44.7 Å². The van der Waals surface area contributed by atoms with Crippen molar-refractivity contribution in [2.75, 3.05) is 32.4 Å². The molecular formula is C19H29N3O5S2. The summed E-state index contributed by atoms with van der Waals surface area (Å²) in [5.74, 6) is -0.370. The molecule has 2 aliphatic rings. The fourth-order valence-electron chi connectivity index (χ4n) is 3.90. The summed E-state index contributed by atoms with van der Waals surface area (Å²) in [4.78, 5) is 12.9. The molecule has 0 spiro atoms. The fraction of sp³-hybridized carbons (Fsp3) is 0.632. The smallest absolute Gasteiger partial charge is 0.243 e. The first kappa shape index (κ1) is 22.2. The molecule has 2 heterocycles. The number of hydrogen-bond acceptors (Lipinski definition) is 5. The molecule has 0 bridgehead atoms. The highest BCUT2D eigenvalue weighted by Crippen LogP contribution is 2.25. The Kier molecular flexibility index (Phi) is 6.67. The Labute approximate surface area is 173 Å². The van der Waals surface area contributed by atoms with Crippen LogP contribution in [0.2, 0.25) is 0 Å². The first-order valence-electron chi connectivity index (χ1n) is 9.89. The summed E-state index contributed by atoms with van der Waals surface area (Å²) in [6.07, 6.45) is 3.56. The third kappa shape index (κ3) is 5.36. The number of rotatable bonds is 5. The molecule has 162 valence electrons. The molecular weight excluding hydrogens is 414 g/mol. The van der Waals surface area contributed by atoms with Gasteiger partial charge in [-0.3, -0.25) is 4.79 Å². The Morgan fingerprint density at radius 1 is 0.966 bits per heavy atom. The van der Waals surface area contributed by atoms with E-state index < -0.39 is 20.0 Å². The molecule has 29 heavy (non-hydrogen) atoms. The number of nitrogens with one attached hydrogen (secondary N) is 1. The number of nitrogens with zero attached hydrogens (tertiary/aromatic N) is 2. The van der Waals surface area contributed by atoms with Gasteiger partial charge in [0, 0.05) is 38.1 Å². The number of aryl methyl sites for hydroxylation is 1. The van der Waals surface area contributed by atoms with E-state index in [1.807, 2.05) is 6.92 Å². The van der Waals surface area contributed by atoms with Gasteiger partial charge in [-0.15, -0.1) is 0 Å². The van der Waals surface area contributed by atoms with Crippen molar-refractivity contribution in [2.45, 2.75) is 43.5 Å². The van der Waals surface area contributed by atoms with Crippen molar-refractivity contribution in [1.82, 2.24) is 13.9 Å². The summed E-state index contributed by atoms with van der Waals surface area (Å²) in [5.41, 5.74) is 0.997. The first-order valence-corrected chi connectivity index (χ1v) is 13.2. The van der Waals surface area contributed by atoms with Crippen LogP contribution in [0.4, 0.5) is 0 Å². The Hall–Kier alpha value is -1.49. The van der Waals surface area contributed by atoms with Gasteiger partial charge >= 0.3 is 0 Å². The van der Waals surface area contributed by atoms with Crippen molar-refractivity contribution in [2.24, 2.45) is 5.92 Å². The van der Waals surface area contributed by atoms with Gasteiger partial charge in [-0.1, -0.05) is 17.7 Å². The highest BCUT2D eigenvalue weighted by atomic mass is 32.2. The van der Waals surface area contributed by atoms with Gasteiger partial charge in [0.1, 0.15) is 0 Å². The van der Waals surface area contributed by atoms with E-state index in [4.69, 9.17) is 0 Å². The summed E-state index contributed by atoms with van der Waals surface area (Å²) < 4.78 is 51.9. The molecule has 1 N–H and O–H groups in total. The number of piperidine rings is 2. The molecule has 2 saturated heterocycles. The number of carbonyl (C=O) groups is 1. The minimum Gasteiger partial charge on any atom is -0.352 e. The van der Waals surface area contributed by atoms with E-state index in [0.29, 0.717) is 45.4 Å². The lowest BCUT2D eigenvalue weighted by atomic mass is 9.96. The average Bonchev–Trinajstić information content (AvgIpc) is 2.68. The van der Waals surface area contributed by atoms with Crippen LogP contribution in [-0.4, -0.2) is 69.8 Å². The number of carbonyl (C=O) groups excluding carboxylic acids is 1. The Balaban J connectivity index is 1.55. The normalized spacial score (nSPS) is 23.0. The largest absolute Gasteiger partial charge is 0.352 e. The van der Waals surface area contributed by atoms with Crippen molar-refractivity contribution in [3.8, 4) is 0 Å². The van der Waals surface area contributed by atoms with Gasteiger partial charge < -0.3 is 5.32 Å². The molecule has 1 aromatic carbocycles. The first-order chi connectivity index (χ1) is 13.6. The average molecular weight is 444 g/mol. The van der Waals surface area contributed by atoms with Crippen molar-refractivity contribution in [1.29, 1.82) is 0 Å². The van der Waals surface area contributed by atoms with E-state index >= 15 is 0 Å². The van der Waals surface area contributed by atoms with E-state index in [9.17, 15) is 21.6 Å². The van der Waals surface area contributed by atoms with Crippen LogP contribution in [0.25, 0.3) is 0 Å². The standard InChI is InChI=1S/C19H29N3O5S2/c1-15-5-7-18(8-6-15)29(26,27)21-12-9-16(10-13-21)19(23)20-17-4-3-11-22(14-17)28(2,24)25/h5-8,16-17H,3-4,9-14H2,1-2H3,(H,20,23). The predicted octanol–water partition coefficient (Wildman–Crippen LogP) is 0.936. The zero-order valence-electron chi connectivity index (χ0n) is 16.9. The maximum atomic E-state index is 12.8. The number of sulfonamides is 2. The van der Waals surface area contributed by atoms with Gasteiger partial charge in [-0.2, -0.15) is 4.31 Å². The number of amides is 1. The highest BCUT2D eigenvalue weighted by molar-refractivity contribution is 7.89. The van der Waals surface area contributed by atoms with Crippen LogP contribution in [0.1, 0.15) is 31.2 Å². The third-order valence-electron chi connectivity index (χ3n) is 5.68. The molecule has 1 amide bonds. The Morgan fingerprint density at radius 3 is 2.17 bits per heavy atom. The molecule has 0 radical (unpaired) electrons. The lowest BCUT2D eigenvalue weighted by molar-refractivity contribution is -0.127. The van der Waals surface area contributed by atoms with Gasteiger partial charge in [0.15, 0.2) is 0 Å². The summed E-state index contributed by atoms with van der Waals surface area (Å²) in [6.45, 7) is 3.29. The third-order valence-corrected chi connectivity index (χ3v) is 8.87. The van der Waals surface area contributed by atoms with Gasteiger partial charge in [-0.25, -0.2) is 21.1 Å².